The number of benzene rings is 1. The second-order valence-corrected chi connectivity index (χ2v) is 8.85. The molecule has 3 aromatic rings. The summed E-state index contributed by atoms with van der Waals surface area (Å²) in [5.74, 6) is 0.915. The van der Waals surface area contributed by atoms with E-state index in [9.17, 15) is 5.11 Å². The summed E-state index contributed by atoms with van der Waals surface area (Å²) in [5, 5.41) is 11.5. The number of hydrogen-bond acceptors (Lipinski definition) is 6. The zero-order valence-electron chi connectivity index (χ0n) is 18.6. The van der Waals surface area contributed by atoms with Crippen LogP contribution in [0.1, 0.15) is 30.5 Å². The van der Waals surface area contributed by atoms with Gasteiger partial charge in [-0.1, -0.05) is 25.1 Å². The highest BCUT2D eigenvalue weighted by molar-refractivity contribution is 5.84. The average Bonchev–Trinajstić information content (AvgIpc) is 2.93. The summed E-state index contributed by atoms with van der Waals surface area (Å²) < 4.78 is 7.21. The fourth-order valence-electron chi connectivity index (χ4n) is 4.85. The predicted octanol–water partition coefficient (Wildman–Crippen LogP) is 2.83. The third-order valence-electron chi connectivity index (χ3n) is 6.90. The molecule has 2 aromatic heterocycles. The van der Waals surface area contributed by atoms with Crippen LogP contribution in [0.4, 0.5) is 5.95 Å². The van der Waals surface area contributed by atoms with Crippen molar-refractivity contribution in [2.24, 2.45) is 0 Å². The van der Waals surface area contributed by atoms with Crippen LogP contribution in [-0.4, -0.2) is 70.0 Å². The van der Waals surface area contributed by atoms with Gasteiger partial charge in [0.05, 0.1) is 23.6 Å². The number of ether oxygens (including phenoxy) is 1. The summed E-state index contributed by atoms with van der Waals surface area (Å²) in [6, 6.07) is 7.33. The first-order valence-electron chi connectivity index (χ1n) is 11.2. The molecule has 4 heterocycles. The van der Waals surface area contributed by atoms with Crippen molar-refractivity contribution in [2.75, 3.05) is 38.2 Å². The van der Waals surface area contributed by atoms with Crippen LogP contribution < -0.4 is 4.90 Å². The number of likely N-dealkylation sites (N-methyl/N-ethyl adjacent to an activating group) is 1. The van der Waals surface area contributed by atoms with Crippen molar-refractivity contribution < 1.29 is 9.84 Å². The maximum atomic E-state index is 10.8. The summed E-state index contributed by atoms with van der Waals surface area (Å²) in [6.45, 7) is 9.00. The first-order chi connectivity index (χ1) is 15.1. The molecule has 164 valence electrons. The van der Waals surface area contributed by atoms with Gasteiger partial charge in [-0.05, 0) is 43.0 Å². The molecule has 0 saturated carbocycles. The van der Waals surface area contributed by atoms with Gasteiger partial charge in [-0.25, -0.2) is 9.97 Å². The second kappa shape index (κ2) is 8.13. The third-order valence-corrected chi connectivity index (χ3v) is 6.90. The van der Waals surface area contributed by atoms with Crippen LogP contribution in [0.15, 0.2) is 30.6 Å². The van der Waals surface area contributed by atoms with Crippen LogP contribution >= 0.6 is 0 Å². The molecule has 0 radical (unpaired) electrons. The lowest BCUT2D eigenvalue weighted by Gasteiger charge is -2.37. The zero-order chi connectivity index (χ0) is 21.5. The van der Waals surface area contributed by atoms with Crippen LogP contribution in [0.25, 0.3) is 10.9 Å². The molecule has 2 aliphatic heterocycles. The van der Waals surface area contributed by atoms with Gasteiger partial charge < -0.3 is 24.2 Å². The molecular formula is C24H31N5O2. The Kier molecular flexibility index (Phi) is 5.32. The molecule has 1 atom stereocenters. The lowest BCUT2D eigenvalue weighted by molar-refractivity contribution is 0.0778. The SMILES string of the molecule is CCN1CCc2ccc(Cn3cc4nc(N5CC(OC)C5)ncc4c3O)cc2CC1C. The minimum absolute atomic E-state index is 0.223. The van der Waals surface area contributed by atoms with E-state index in [1.165, 1.54) is 16.7 Å². The number of anilines is 1. The average molecular weight is 422 g/mol. The van der Waals surface area contributed by atoms with Crippen molar-refractivity contribution in [2.45, 2.75) is 45.4 Å². The molecule has 0 amide bonds. The Hall–Kier alpha value is -2.64. The summed E-state index contributed by atoms with van der Waals surface area (Å²) in [5.41, 5.74) is 4.85. The Labute approximate surface area is 183 Å². The highest BCUT2D eigenvalue weighted by atomic mass is 16.5. The summed E-state index contributed by atoms with van der Waals surface area (Å²) in [4.78, 5) is 13.8. The Bertz CT molecular complexity index is 1090. The second-order valence-electron chi connectivity index (χ2n) is 8.85. The maximum Gasteiger partial charge on any atom is 0.226 e. The van der Waals surface area contributed by atoms with Crippen LogP contribution in [0, 0.1) is 0 Å². The molecule has 1 unspecified atom stereocenters. The minimum atomic E-state index is 0.223. The predicted molar refractivity (Wildman–Crippen MR) is 122 cm³/mol. The molecule has 7 nitrogen and oxygen atoms in total. The maximum absolute atomic E-state index is 10.8. The van der Waals surface area contributed by atoms with E-state index in [1.54, 1.807) is 13.3 Å². The van der Waals surface area contributed by atoms with E-state index in [2.05, 4.69) is 51.8 Å². The largest absolute Gasteiger partial charge is 0.494 e. The van der Waals surface area contributed by atoms with Crippen molar-refractivity contribution in [3.8, 4) is 5.88 Å². The molecule has 1 N–H and O–H groups in total. The third kappa shape index (κ3) is 3.77. The Morgan fingerprint density at radius 1 is 1.23 bits per heavy atom. The van der Waals surface area contributed by atoms with E-state index in [4.69, 9.17) is 4.74 Å². The van der Waals surface area contributed by atoms with Crippen LogP contribution in [0.3, 0.4) is 0 Å². The number of methoxy groups -OCH3 is 1. The fourth-order valence-corrected chi connectivity index (χ4v) is 4.85. The summed E-state index contributed by atoms with van der Waals surface area (Å²) in [7, 11) is 1.73. The normalized spacial score (nSPS) is 20.0. The first kappa shape index (κ1) is 20.3. The molecule has 5 rings (SSSR count). The zero-order valence-corrected chi connectivity index (χ0v) is 18.6. The number of aromatic hydroxyl groups is 1. The molecule has 31 heavy (non-hydrogen) atoms. The van der Waals surface area contributed by atoms with Gasteiger partial charge in [0.15, 0.2) is 0 Å². The molecule has 0 spiro atoms. The quantitative estimate of drug-likeness (QED) is 0.683. The molecule has 1 saturated heterocycles. The molecular weight excluding hydrogens is 390 g/mol. The monoisotopic (exact) mass is 421 g/mol. The first-order valence-corrected chi connectivity index (χ1v) is 11.2. The number of hydrogen-bond donors (Lipinski definition) is 1. The topological polar surface area (TPSA) is 66.7 Å². The van der Waals surface area contributed by atoms with Gasteiger partial charge in [0.2, 0.25) is 11.8 Å². The van der Waals surface area contributed by atoms with Crippen LogP contribution in [0.2, 0.25) is 0 Å². The molecule has 7 heteroatoms. The van der Waals surface area contributed by atoms with Gasteiger partial charge in [-0.15, -0.1) is 0 Å². The van der Waals surface area contributed by atoms with Crippen molar-refractivity contribution in [1.82, 2.24) is 19.4 Å². The van der Waals surface area contributed by atoms with E-state index in [-0.39, 0.29) is 12.0 Å². The van der Waals surface area contributed by atoms with Crippen molar-refractivity contribution >= 4 is 16.9 Å². The number of nitrogens with zero attached hydrogens (tertiary/aromatic N) is 5. The van der Waals surface area contributed by atoms with E-state index < -0.39 is 0 Å². The Morgan fingerprint density at radius 2 is 2.06 bits per heavy atom. The highest BCUT2D eigenvalue weighted by Crippen LogP contribution is 2.29. The van der Waals surface area contributed by atoms with Crippen molar-refractivity contribution in [1.29, 1.82) is 0 Å². The standard InChI is InChI=1S/C24H31N5O2/c1-4-27-8-7-18-6-5-17(10-19(18)9-16(27)2)12-28-15-22-21(23(28)30)11-25-24(26-22)29-13-20(14-29)31-3/h5-6,10-11,15-16,20,30H,4,7-9,12-14H2,1-3H3. The fraction of sp³-hybridized carbons (Fsp3) is 0.500. The number of aromatic nitrogens is 3. The lowest BCUT2D eigenvalue weighted by Crippen LogP contribution is -2.52. The van der Waals surface area contributed by atoms with Crippen LogP contribution in [-0.2, 0) is 24.1 Å². The van der Waals surface area contributed by atoms with Gasteiger partial charge in [-0.3, -0.25) is 0 Å². The molecule has 1 aromatic carbocycles. The Balaban J connectivity index is 1.38. The van der Waals surface area contributed by atoms with E-state index in [0.717, 1.165) is 44.5 Å². The van der Waals surface area contributed by atoms with Gasteiger partial charge in [0.25, 0.3) is 0 Å². The van der Waals surface area contributed by atoms with Gasteiger partial charge in [-0.2, -0.15) is 0 Å². The van der Waals surface area contributed by atoms with Gasteiger partial charge in [0, 0.05) is 45.2 Å². The van der Waals surface area contributed by atoms with E-state index in [1.807, 2.05) is 10.8 Å². The number of fused-ring (bicyclic) bond motifs is 2. The molecule has 2 aliphatic rings. The number of rotatable bonds is 5. The molecule has 1 fully saturated rings. The lowest BCUT2D eigenvalue weighted by atomic mass is 9.98. The smallest absolute Gasteiger partial charge is 0.226 e. The van der Waals surface area contributed by atoms with Crippen LogP contribution in [0.5, 0.6) is 5.88 Å². The Morgan fingerprint density at radius 3 is 2.84 bits per heavy atom. The van der Waals surface area contributed by atoms with E-state index >= 15 is 0 Å². The molecule has 0 bridgehead atoms. The van der Waals surface area contributed by atoms with Gasteiger partial charge in [0.1, 0.15) is 0 Å². The van der Waals surface area contributed by atoms with Crippen molar-refractivity contribution in [3.05, 3.63) is 47.3 Å². The minimum Gasteiger partial charge on any atom is -0.494 e. The summed E-state index contributed by atoms with van der Waals surface area (Å²) >= 11 is 0. The van der Waals surface area contributed by atoms with E-state index in [0.29, 0.717) is 23.9 Å². The molecule has 0 aliphatic carbocycles. The highest BCUT2D eigenvalue weighted by Gasteiger charge is 2.29. The summed E-state index contributed by atoms with van der Waals surface area (Å²) in [6.07, 6.45) is 6.07. The van der Waals surface area contributed by atoms with Crippen molar-refractivity contribution in [3.63, 3.8) is 0 Å². The van der Waals surface area contributed by atoms with Gasteiger partial charge >= 0.3 is 0 Å².